The van der Waals surface area contributed by atoms with Gasteiger partial charge >= 0.3 is 0 Å². The molecule has 1 saturated carbocycles. The molecule has 0 aromatic heterocycles. The smallest absolute Gasteiger partial charge is 0.223 e. The van der Waals surface area contributed by atoms with Crippen molar-refractivity contribution in [2.24, 2.45) is 11.7 Å². The minimum atomic E-state index is 0.104. The van der Waals surface area contributed by atoms with E-state index >= 15 is 0 Å². The molecule has 1 aliphatic rings. The second kappa shape index (κ2) is 5.65. The van der Waals surface area contributed by atoms with Gasteiger partial charge in [0.25, 0.3) is 0 Å². The van der Waals surface area contributed by atoms with E-state index in [2.05, 4.69) is 21.2 Å². The Kier molecular flexibility index (Phi) is 4.18. The van der Waals surface area contributed by atoms with Crippen molar-refractivity contribution in [2.45, 2.75) is 31.8 Å². The number of carbonyl (C=O) groups is 1. The second-order valence-corrected chi connectivity index (χ2v) is 5.43. The van der Waals surface area contributed by atoms with E-state index in [0.717, 1.165) is 29.3 Å². The number of halogens is 1. The molecule has 0 aliphatic heterocycles. The number of carbonyl (C=O) groups excluding carboxylic acids is 1. The van der Waals surface area contributed by atoms with Gasteiger partial charge in [-0.25, -0.2) is 0 Å². The minimum absolute atomic E-state index is 0.104. The summed E-state index contributed by atoms with van der Waals surface area (Å²) in [5, 5.41) is 2.98. The fraction of sp³-hybridized carbons (Fsp3) is 0.462. The zero-order chi connectivity index (χ0) is 12.3. The average Bonchev–Trinajstić information content (AvgIpc) is 2.74. The van der Waals surface area contributed by atoms with Crippen LogP contribution in [0, 0.1) is 5.92 Å². The van der Waals surface area contributed by atoms with Crippen LogP contribution in [0.1, 0.15) is 24.8 Å². The molecule has 4 heteroatoms. The zero-order valence-electron chi connectivity index (χ0n) is 9.66. The van der Waals surface area contributed by atoms with Crippen LogP contribution in [0.15, 0.2) is 28.7 Å². The average molecular weight is 297 g/mol. The summed E-state index contributed by atoms with van der Waals surface area (Å²) in [6.07, 6.45) is 2.71. The van der Waals surface area contributed by atoms with Gasteiger partial charge in [-0.2, -0.15) is 0 Å². The van der Waals surface area contributed by atoms with Crippen LogP contribution in [0.3, 0.4) is 0 Å². The molecule has 1 aromatic carbocycles. The summed E-state index contributed by atoms with van der Waals surface area (Å²) in [5.41, 5.74) is 6.91. The number of nitrogens with two attached hydrogens (primary N) is 1. The SMILES string of the molecule is NC1CCC(C(=O)NCc2ccccc2Br)C1. The van der Waals surface area contributed by atoms with Gasteiger partial charge in [0.15, 0.2) is 0 Å². The molecule has 0 saturated heterocycles. The fourth-order valence-electron chi connectivity index (χ4n) is 2.22. The normalized spacial score (nSPS) is 23.6. The summed E-state index contributed by atoms with van der Waals surface area (Å²) >= 11 is 3.47. The van der Waals surface area contributed by atoms with Gasteiger partial charge in [0, 0.05) is 23.0 Å². The van der Waals surface area contributed by atoms with Gasteiger partial charge in [0.05, 0.1) is 0 Å². The number of rotatable bonds is 3. The van der Waals surface area contributed by atoms with Crippen LogP contribution < -0.4 is 11.1 Å². The van der Waals surface area contributed by atoms with Crippen LogP contribution in [0.4, 0.5) is 0 Å². The number of hydrogen-bond acceptors (Lipinski definition) is 2. The number of amides is 1. The Hall–Kier alpha value is -0.870. The van der Waals surface area contributed by atoms with Gasteiger partial charge < -0.3 is 11.1 Å². The number of nitrogens with one attached hydrogen (secondary N) is 1. The van der Waals surface area contributed by atoms with E-state index in [1.807, 2.05) is 24.3 Å². The standard InChI is InChI=1S/C13H17BrN2O/c14-12-4-2-1-3-10(12)8-16-13(17)9-5-6-11(15)7-9/h1-4,9,11H,5-8,15H2,(H,16,17). The van der Waals surface area contributed by atoms with Crippen LogP contribution >= 0.6 is 15.9 Å². The molecule has 2 unspecified atom stereocenters. The molecule has 3 N–H and O–H groups in total. The van der Waals surface area contributed by atoms with Gasteiger partial charge in [-0.1, -0.05) is 34.1 Å². The van der Waals surface area contributed by atoms with Crippen molar-refractivity contribution >= 4 is 21.8 Å². The molecule has 1 aromatic rings. The van der Waals surface area contributed by atoms with Crippen molar-refractivity contribution in [2.75, 3.05) is 0 Å². The lowest BCUT2D eigenvalue weighted by atomic mass is 10.1. The molecule has 0 radical (unpaired) electrons. The summed E-state index contributed by atoms with van der Waals surface area (Å²) in [6.45, 7) is 0.575. The number of hydrogen-bond donors (Lipinski definition) is 2. The van der Waals surface area contributed by atoms with Crippen molar-refractivity contribution in [3.8, 4) is 0 Å². The van der Waals surface area contributed by atoms with Crippen molar-refractivity contribution in [3.05, 3.63) is 34.3 Å². The number of benzene rings is 1. The third kappa shape index (κ3) is 3.30. The molecule has 1 aliphatic carbocycles. The first-order valence-electron chi connectivity index (χ1n) is 5.93. The lowest BCUT2D eigenvalue weighted by Gasteiger charge is -2.11. The molecule has 0 heterocycles. The largest absolute Gasteiger partial charge is 0.352 e. The molecule has 92 valence electrons. The van der Waals surface area contributed by atoms with Gasteiger partial charge in [-0.3, -0.25) is 4.79 Å². The highest BCUT2D eigenvalue weighted by Crippen LogP contribution is 2.24. The van der Waals surface area contributed by atoms with E-state index < -0.39 is 0 Å². The summed E-state index contributed by atoms with van der Waals surface area (Å²) < 4.78 is 1.03. The Bertz CT molecular complexity index is 408. The summed E-state index contributed by atoms with van der Waals surface area (Å²) in [5.74, 6) is 0.237. The molecule has 2 rings (SSSR count). The van der Waals surface area contributed by atoms with Crippen molar-refractivity contribution < 1.29 is 4.79 Å². The van der Waals surface area contributed by atoms with E-state index in [-0.39, 0.29) is 17.9 Å². The highest BCUT2D eigenvalue weighted by Gasteiger charge is 2.27. The summed E-state index contributed by atoms with van der Waals surface area (Å²) in [7, 11) is 0. The Morgan fingerprint density at radius 2 is 2.18 bits per heavy atom. The Morgan fingerprint density at radius 3 is 2.82 bits per heavy atom. The first-order chi connectivity index (χ1) is 8.16. The van der Waals surface area contributed by atoms with E-state index in [9.17, 15) is 4.79 Å². The molecule has 1 fully saturated rings. The monoisotopic (exact) mass is 296 g/mol. The van der Waals surface area contributed by atoms with Crippen LogP contribution in [-0.4, -0.2) is 11.9 Å². The third-order valence-electron chi connectivity index (χ3n) is 3.25. The molecule has 0 bridgehead atoms. The van der Waals surface area contributed by atoms with Gasteiger partial charge in [0.1, 0.15) is 0 Å². The van der Waals surface area contributed by atoms with Gasteiger partial charge in [-0.15, -0.1) is 0 Å². The maximum Gasteiger partial charge on any atom is 0.223 e. The van der Waals surface area contributed by atoms with E-state index in [1.165, 1.54) is 0 Å². The van der Waals surface area contributed by atoms with Crippen LogP contribution in [0.25, 0.3) is 0 Å². The first-order valence-corrected chi connectivity index (χ1v) is 6.73. The van der Waals surface area contributed by atoms with E-state index in [0.29, 0.717) is 6.54 Å². The molecular formula is C13H17BrN2O. The molecule has 17 heavy (non-hydrogen) atoms. The summed E-state index contributed by atoms with van der Waals surface area (Å²) in [4.78, 5) is 11.9. The maximum atomic E-state index is 11.9. The lowest BCUT2D eigenvalue weighted by molar-refractivity contribution is -0.125. The summed E-state index contributed by atoms with van der Waals surface area (Å²) in [6, 6.07) is 8.12. The van der Waals surface area contributed by atoms with Crippen molar-refractivity contribution in [1.29, 1.82) is 0 Å². The van der Waals surface area contributed by atoms with Crippen molar-refractivity contribution in [3.63, 3.8) is 0 Å². The Labute approximate surface area is 110 Å². The highest BCUT2D eigenvalue weighted by atomic mass is 79.9. The molecule has 2 atom stereocenters. The lowest BCUT2D eigenvalue weighted by Crippen LogP contribution is -2.30. The highest BCUT2D eigenvalue weighted by molar-refractivity contribution is 9.10. The molecule has 3 nitrogen and oxygen atoms in total. The fourth-order valence-corrected chi connectivity index (χ4v) is 2.65. The maximum absolute atomic E-state index is 11.9. The topological polar surface area (TPSA) is 55.1 Å². The van der Waals surface area contributed by atoms with E-state index in [4.69, 9.17) is 5.73 Å². The van der Waals surface area contributed by atoms with E-state index in [1.54, 1.807) is 0 Å². The van der Waals surface area contributed by atoms with Gasteiger partial charge in [0.2, 0.25) is 5.91 Å². The Balaban J connectivity index is 1.86. The van der Waals surface area contributed by atoms with Gasteiger partial charge in [-0.05, 0) is 30.9 Å². The molecule has 1 amide bonds. The van der Waals surface area contributed by atoms with Crippen LogP contribution in [0.5, 0.6) is 0 Å². The molecular weight excluding hydrogens is 280 g/mol. The minimum Gasteiger partial charge on any atom is -0.352 e. The first kappa shape index (κ1) is 12.6. The predicted molar refractivity (Wildman–Crippen MR) is 71.3 cm³/mol. The third-order valence-corrected chi connectivity index (χ3v) is 4.03. The predicted octanol–water partition coefficient (Wildman–Crippen LogP) is 2.19. The van der Waals surface area contributed by atoms with Crippen LogP contribution in [-0.2, 0) is 11.3 Å². The van der Waals surface area contributed by atoms with Crippen LogP contribution in [0.2, 0.25) is 0 Å². The zero-order valence-corrected chi connectivity index (χ0v) is 11.2. The second-order valence-electron chi connectivity index (χ2n) is 4.58. The van der Waals surface area contributed by atoms with Crippen molar-refractivity contribution in [1.82, 2.24) is 5.32 Å². The molecule has 0 spiro atoms. The Morgan fingerprint density at radius 1 is 1.41 bits per heavy atom. The quantitative estimate of drug-likeness (QED) is 0.898.